The van der Waals surface area contributed by atoms with Crippen LogP contribution in [0, 0.1) is 27.7 Å². The second-order valence-corrected chi connectivity index (χ2v) is 7.48. The highest BCUT2D eigenvalue weighted by atomic mass is 19.1. The maximum Gasteiger partial charge on any atom is 0.306 e. The lowest BCUT2D eigenvalue weighted by Crippen LogP contribution is -2.41. The number of aromatic nitrogens is 2. The SMILES string of the molecule is O=C(Nc1ccc(F)c([N+](=O)[O-])c1)C1CCCN(c2ccc(-c3ccc(F)cc3)nn2)C1. The molecule has 1 N–H and O–H groups in total. The van der Waals surface area contributed by atoms with Crippen molar-refractivity contribution >= 4 is 23.1 Å². The summed E-state index contributed by atoms with van der Waals surface area (Å²) in [5.41, 5.74) is 0.834. The van der Waals surface area contributed by atoms with Crippen LogP contribution in [0.2, 0.25) is 0 Å². The third-order valence-corrected chi connectivity index (χ3v) is 5.32. The number of carbonyl (C=O) groups is 1. The molecule has 0 bridgehead atoms. The molecule has 1 atom stereocenters. The molecule has 3 aromatic rings. The van der Waals surface area contributed by atoms with E-state index in [9.17, 15) is 23.7 Å². The molecular formula is C22H19F2N5O3. The molecule has 0 spiro atoms. The van der Waals surface area contributed by atoms with E-state index in [0.717, 1.165) is 24.1 Å². The summed E-state index contributed by atoms with van der Waals surface area (Å²) in [5, 5.41) is 22.0. The van der Waals surface area contributed by atoms with Gasteiger partial charge in [0.2, 0.25) is 11.7 Å². The number of nitrogens with one attached hydrogen (secondary N) is 1. The first-order valence-electron chi connectivity index (χ1n) is 10.00. The molecule has 4 rings (SSSR count). The zero-order valence-electron chi connectivity index (χ0n) is 16.9. The van der Waals surface area contributed by atoms with Crippen LogP contribution in [0.1, 0.15) is 12.8 Å². The topological polar surface area (TPSA) is 101 Å². The van der Waals surface area contributed by atoms with E-state index in [1.807, 2.05) is 4.90 Å². The fourth-order valence-corrected chi connectivity index (χ4v) is 3.64. The van der Waals surface area contributed by atoms with E-state index in [1.54, 1.807) is 24.3 Å². The number of halogens is 2. The number of nitro benzene ring substituents is 1. The number of anilines is 2. The number of amides is 1. The van der Waals surface area contributed by atoms with Gasteiger partial charge in [0, 0.05) is 30.4 Å². The Morgan fingerprint density at radius 2 is 1.88 bits per heavy atom. The Bertz CT molecular complexity index is 1140. The number of piperidine rings is 1. The molecule has 1 unspecified atom stereocenters. The van der Waals surface area contributed by atoms with Crippen LogP contribution in [0.3, 0.4) is 0 Å². The van der Waals surface area contributed by atoms with E-state index < -0.39 is 16.4 Å². The second-order valence-electron chi connectivity index (χ2n) is 7.48. The van der Waals surface area contributed by atoms with Crippen molar-refractivity contribution in [3.8, 4) is 11.3 Å². The highest BCUT2D eigenvalue weighted by Crippen LogP contribution is 2.26. The smallest absolute Gasteiger partial charge is 0.306 e. The highest BCUT2D eigenvalue weighted by molar-refractivity contribution is 5.93. The zero-order chi connectivity index (χ0) is 22.7. The lowest BCUT2D eigenvalue weighted by molar-refractivity contribution is -0.387. The fraction of sp³-hybridized carbons (Fsp3) is 0.227. The average Bonchev–Trinajstić information content (AvgIpc) is 2.81. The minimum absolute atomic E-state index is 0.170. The van der Waals surface area contributed by atoms with Crippen LogP contribution >= 0.6 is 0 Å². The van der Waals surface area contributed by atoms with Gasteiger partial charge in [-0.2, -0.15) is 4.39 Å². The fourth-order valence-electron chi connectivity index (χ4n) is 3.64. The Morgan fingerprint density at radius 1 is 1.09 bits per heavy atom. The van der Waals surface area contributed by atoms with Gasteiger partial charge in [0.05, 0.1) is 16.5 Å². The molecule has 164 valence electrons. The number of benzene rings is 2. The Balaban J connectivity index is 1.43. The normalized spacial score (nSPS) is 15.9. The van der Waals surface area contributed by atoms with Crippen molar-refractivity contribution < 1.29 is 18.5 Å². The van der Waals surface area contributed by atoms with Crippen molar-refractivity contribution in [1.29, 1.82) is 0 Å². The number of hydrogen-bond acceptors (Lipinski definition) is 6. The lowest BCUT2D eigenvalue weighted by atomic mass is 9.97. The van der Waals surface area contributed by atoms with E-state index in [0.29, 0.717) is 31.0 Å². The molecule has 1 fully saturated rings. The lowest BCUT2D eigenvalue weighted by Gasteiger charge is -2.32. The van der Waals surface area contributed by atoms with Crippen molar-refractivity contribution in [2.45, 2.75) is 12.8 Å². The highest BCUT2D eigenvalue weighted by Gasteiger charge is 2.27. The van der Waals surface area contributed by atoms with Crippen LogP contribution in [0.25, 0.3) is 11.3 Å². The van der Waals surface area contributed by atoms with Gasteiger partial charge in [-0.3, -0.25) is 14.9 Å². The van der Waals surface area contributed by atoms with Crippen LogP contribution in [0.5, 0.6) is 0 Å². The monoisotopic (exact) mass is 439 g/mol. The first-order valence-corrected chi connectivity index (χ1v) is 10.00. The van der Waals surface area contributed by atoms with Gasteiger partial charge in [0.1, 0.15) is 5.82 Å². The molecule has 8 nitrogen and oxygen atoms in total. The molecule has 0 aliphatic carbocycles. The summed E-state index contributed by atoms with van der Waals surface area (Å²) in [6.07, 6.45) is 1.40. The number of carbonyl (C=O) groups excluding carboxylic acids is 1. The Morgan fingerprint density at radius 3 is 2.56 bits per heavy atom. The van der Waals surface area contributed by atoms with Gasteiger partial charge in [0.25, 0.3) is 0 Å². The predicted molar refractivity (Wildman–Crippen MR) is 114 cm³/mol. The van der Waals surface area contributed by atoms with E-state index in [1.165, 1.54) is 18.2 Å². The molecule has 2 heterocycles. The molecule has 1 aliphatic rings. The van der Waals surface area contributed by atoms with Crippen molar-refractivity contribution in [3.05, 3.63) is 76.3 Å². The largest absolute Gasteiger partial charge is 0.354 e. The van der Waals surface area contributed by atoms with Gasteiger partial charge in [-0.05, 0) is 61.4 Å². The summed E-state index contributed by atoms with van der Waals surface area (Å²) in [6, 6.07) is 12.8. The molecule has 32 heavy (non-hydrogen) atoms. The predicted octanol–water partition coefficient (Wildman–Crippen LogP) is 4.19. The molecule has 0 saturated carbocycles. The summed E-state index contributed by atoms with van der Waals surface area (Å²) >= 11 is 0. The maximum atomic E-state index is 13.5. The average molecular weight is 439 g/mol. The van der Waals surface area contributed by atoms with Crippen molar-refractivity contribution in [3.63, 3.8) is 0 Å². The summed E-state index contributed by atoms with van der Waals surface area (Å²) in [6.45, 7) is 1.11. The van der Waals surface area contributed by atoms with Crippen LogP contribution in [0.4, 0.5) is 26.0 Å². The van der Waals surface area contributed by atoms with Crippen molar-refractivity contribution in [2.75, 3.05) is 23.3 Å². The molecule has 2 aromatic carbocycles. The van der Waals surface area contributed by atoms with Gasteiger partial charge >= 0.3 is 5.69 Å². The first kappa shape index (κ1) is 21.3. The van der Waals surface area contributed by atoms with Gasteiger partial charge in [0.15, 0.2) is 5.82 Å². The molecular weight excluding hydrogens is 420 g/mol. The van der Waals surface area contributed by atoms with Crippen LogP contribution in [-0.4, -0.2) is 34.1 Å². The van der Waals surface area contributed by atoms with Crippen LogP contribution in [-0.2, 0) is 4.79 Å². The molecule has 10 heteroatoms. The zero-order valence-corrected chi connectivity index (χ0v) is 16.9. The van der Waals surface area contributed by atoms with E-state index in [-0.39, 0.29) is 23.3 Å². The van der Waals surface area contributed by atoms with Crippen LogP contribution in [0.15, 0.2) is 54.6 Å². The Hall–Kier alpha value is -3.95. The molecule has 1 aliphatic heterocycles. The third-order valence-electron chi connectivity index (χ3n) is 5.32. The molecule has 1 amide bonds. The summed E-state index contributed by atoms with van der Waals surface area (Å²) in [7, 11) is 0. The van der Waals surface area contributed by atoms with Crippen LogP contribution < -0.4 is 10.2 Å². The summed E-state index contributed by atoms with van der Waals surface area (Å²) < 4.78 is 26.6. The van der Waals surface area contributed by atoms with Crippen molar-refractivity contribution in [1.82, 2.24) is 10.2 Å². The standard InChI is InChI=1S/C22H19F2N5O3/c23-16-5-3-14(4-6-16)19-9-10-21(27-26-19)28-11-1-2-15(13-28)22(30)25-17-7-8-18(24)20(12-17)29(31)32/h3-10,12,15H,1-2,11,13H2,(H,25,30). The number of nitrogens with zero attached hydrogens (tertiary/aromatic N) is 4. The summed E-state index contributed by atoms with van der Waals surface area (Å²) in [4.78, 5) is 24.7. The molecule has 1 aromatic heterocycles. The van der Waals surface area contributed by atoms with Gasteiger partial charge in [-0.15, -0.1) is 10.2 Å². The second kappa shape index (κ2) is 9.04. The molecule has 0 radical (unpaired) electrons. The Labute approximate surface area is 182 Å². The number of nitro groups is 1. The minimum Gasteiger partial charge on any atom is -0.354 e. The van der Waals surface area contributed by atoms with E-state index in [2.05, 4.69) is 15.5 Å². The van der Waals surface area contributed by atoms with E-state index >= 15 is 0 Å². The van der Waals surface area contributed by atoms with Gasteiger partial charge < -0.3 is 10.2 Å². The van der Waals surface area contributed by atoms with Crippen molar-refractivity contribution in [2.24, 2.45) is 5.92 Å². The van der Waals surface area contributed by atoms with Gasteiger partial charge in [-0.1, -0.05) is 0 Å². The molecule has 1 saturated heterocycles. The Kier molecular flexibility index (Phi) is 6.02. The van der Waals surface area contributed by atoms with E-state index in [4.69, 9.17) is 0 Å². The summed E-state index contributed by atoms with van der Waals surface area (Å²) in [5.74, 6) is -1.34. The minimum atomic E-state index is -0.959. The van der Waals surface area contributed by atoms with Gasteiger partial charge in [-0.25, -0.2) is 4.39 Å². The first-order chi connectivity index (χ1) is 15.4. The number of rotatable bonds is 5. The quantitative estimate of drug-likeness (QED) is 0.473. The third kappa shape index (κ3) is 4.69. The maximum absolute atomic E-state index is 13.5. The number of hydrogen-bond donors (Lipinski definition) is 1.